The second-order valence-electron chi connectivity index (χ2n) is 7.42. The van der Waals surface area contributed by atoms with Crippen LogP contribution in [0, 0.1) is 5.41 Å². The monoisotopic (exact) mass is 288 g/mol. The summed E-state index contributed by atoms with van der Waals surface area (Å²) in [7, 11) is 0. The van der Waals surface area contributed by atoms with Crippen molar-refractivity contribution in [2.75, 3.05) is 0 Å². The molecule has 0 aliphatic carbocycles. The number of aliphatic carboxylic acids is 1. The average Bonchev–Trinajstić information content (AvgIpc) is 2.26. The van der Waals surface area contributed by atoms with Crippen molar-refractivity contribution in [3.05, 3.63) is 0 Å². The number of hydrogen-bond donors (Lipinski definition) is 1. The summed E-state index contributed by atoms with van der Waals surface area (Å²) in [6.45, 7) is 14.1. The number of hydrogen-bond acceptors (Lipinski definition) is 3. The standard InChI is InChI=1S/C16H32O4/c1-8-10-11-16(9-2,13(17)18)20-19-15(6,7)12-14(3,4)5/h8-12H2,1-7H3,(H,17,18). The number of carboxylic acid groups (broad SMARTS) is 1. The lowest BCUT2D eigenvalue weighted by atomic mass is 9.84. The molecule has 20 heavy (non-hydrogen) atoms. The van der Waals surface area contributed by atoms with Crippen molar-refractivity contribution in [1.29, 1.82) is 0 Å². The highest BCUT2D eigenvalue weighted by Crippen LogP contribution is 2.32. The molecule has 0 aliphatic heterocycles. The topological polar surface area (TPSA) is 55.8 Å². The number of carbonyl (C=O) groups is 1. The Morgan fingerprint density at radius 2 is 1.60 bits per heavy atom. The highest BCUT2D eigenvalue weighted by Gasteiger charge is 2.41. The van der Waals surface area contributed by atoms with Gasteiger partial charge in [-0.2, -0.15) is 0 Å². The van der Waals surface area contributed by atoms with Gasteiger partial charge in [0.15, 0.2) is 5.60 Å². The van der Waals surface area contributed by atoms with E-state index in [-0.39, 0.29) is 5.41 Å². The van der Waals surface area contributed by atoms with E-state index in [4.69, 9.17) is 9.78 Å². The quantitative estimate of drug-likeness (QED) is 0.498. The predicted octanol–water partition coefficient (Wildman–Crippen LogP) is 4.57. The Bertz CT molecular complexity index is 304. The summed E-state index contributed by atoms with van der Waals surface area (Å²) in [5.41, 5.74) is -1.65. The van der Waals surface area contributed by atoms with E-state index in [1.807, 2.05) is 27.7 Å². The van der Waals surface area contributed by atoms with Gasteiger partial charge in [0.2, 0.25) is 0 Å². The van der Waals surface area contributed by atoms with Crippen LogP contribution in [0.15, 0.2) is 0 Å². The van der Waals surface area contributed by atoms with E-state index >= 15 is 0 Å². The van der Waals surface area contributed by atoms with Gasteiger partial charge in [0, 0.05) is 0 Å². The van der Waals surface area contributed by atoms with Gasteiger partial charge in [0.25, 0.3) is 0 Å². The van der Waals surface area contributed by atoms with Crippen LogP contribution in [-0.4, -0.2) is 22.3 Å². The zero-order valence-corrected chi connectivity index (χ0v) is 14.2. The highest BCUT2D eigenvalue weighted by molar-refractivity contribution is 5.77. The molecule has 4 heteroatoms. The third-order valence-corrected chi connectivity index (χ3v) is 3.28. The molecule has 0 saturated heterocycles. The molecule has 0 bridgehead atoms. The number of rotatable bonds is 9. The summed E-state index contributed by atoms with van der Waals surface area (Å²) in [6, 6.07) is 0. The lowest BCUT2D eigenvalue weighted by molar-refractivity contribution is -0.405. The van der Waals surface area contributed by atoms with Crippen LogP contribution in [0.25, 0.3) is 0 Å². The molecule has 0 aromatic carbocycles. The fourth-order valence-corrected chi connectivity index (χ4v) is 2.53. The average molecular weight is 288 g/mol. The normalized spacial score (nSPS) is 15.9. The van der Waals surface area contributed by atoms with E-state index < -0.39 is 17.2 Å². The Balaban J connectivity index is 4.79. The minimum atomic E-state index is -1.23. The van der Waals surface area contributed by atoms with Crippen molar-refractivity contribution in [2.45, 2.75) is 91.8 Å². The summed E-state index contributed by atoms with van der Waals surface area (Å²) in [6.07, 6.45) is 3.40. The van der Waals surface area contributed by atoms with Crippen molar-refractivity contribution >= 4 is 5.97 Å². The van der Waals surface area contributed by atoms with Gasteiger partial charge < -0.3 is 5.11 Å². The Hall–Kier alpha value is -0.610. The molecule has 0 aliphatic rings. The van der Waals surface area contributed by atoms with Crippen molar-refractivity contribution in [2.24, 2.45) is 5.41 Å². The third kappa shape index (κ3) is 6.71. The first-order valence-corrected chi connectivity index (χ1v) is 7.58. The van der Waals surface area contributed by atoms with Crippen LogP contribution in [0.1, 0.15) is 80.6 Å². The highest BCUT2D eigenvalue weighted by atomic mass is 17.2. The first-order valence-electron chi connectivity index (χ1n) is 7.58. The van der Waals surface area contributed by atoms with Gasteiger partial charge in [0.1, 0.15) is 0 Å². The summed E-state index contributed by atoms with van der Waals surface area (Å²) >= 11 is 0. The molecule has 0 aromatic heterocycles. The van der Waals surface area contributed by atoms with Gasteiger partial charge in [-0.3, -0.25) is 0 Å². The van der Waals surface area contributed by atoms with Crippen LogP contribution in [0.2, 0.25) is 0 Å². The predicted molar refractivity (Wildman–Crippen MR) is 80.5 cm³/mol. The first kappa shape index (κ1) is 19.4. The molecular weight excluding hydrogens is 256 g/mol. The lowest BCUT2D eigenvalue weighted by Crippen LogP contribution is -2.44. The van der Waals surface area contributed by atoms with Crippen LogP contribution in [0.3, 0.4) is 0 Å². The first-order chi connectivity index (χ1) is 8.98. The number of unbranched alkanes of at least 4 members (excludes halogenated alkanes) is 1. The molecule has 4 nitrogen and oxygen atoms in total. The van der Waals surface area contributed by atoms with E-state index in [1.165, 1.54) is 0 Å². The van der Waals surface area contributed by atoms with Crippen LogP contribution in [0.5, 0.6) is 0 Å². The lowest BCUT2D eigenvalue weighted by Gasteiger charge is -2.35. The Morgan fingerprint density at radius 3 is 1.95 bits per heavy atom. The minimum absolute atomic E-state index is 0.0916. The SMILES string of the molecule is CCCCC(CC)(OOC(C)(C)CC(C)(C)C)C(=O)O. The molecule has 1 N–H and O–H groups in total. The second-order valence-corrected chi connectivity index (χ2v) is 7.42. The van der Waals surface area contributed by atoms with E-state index in [0.29, 0.717) is 12.8 Å². The van der Waals surface area contributed by atoms with Gasteiger partial charge in [-0.1, -0.05) is 47.5 Å². The molecule has 1 atom stereocenters. The Labute approximate surface area is 123 Å². The Morgan fingerprint density at radius 1 is 1.05 bits per heavy atom. The van der Waals surface area contributed by atoms with Crippen LogP contribution >= 0.6 is 0 Å². The Kier molecular flexibility index (Phi) is 7.19. The zero-order chi connectivity index (χ0) is 16.0. The molecule has 0 aromatic rings. The van der Waals surface area contributed by atoms with Gasteiger partial charge in [0.05, 0.1) is 5.60 Å². The summed E-state index contributed by atoms with van der Waals surface area (Å²) in [4.78, 5) is 22.5. The molecule has 0 heterocycles. The van der Waals surface area contributed by atoms with Crippen LogP contribution in [-0.2, 0) is 14.6 Å². The summed E-state index contributed by atoms with van der Waals surface area (Å²) in [5.74, 6) is -0.944. The van der Waals surface area contributed by atoms with E-state index in [2.05, 4.69) is 20.8 Å². The van der Waals surface area contributed by atoms with E-state index in [0.717, 1.165) is 19.3 Å². The molecule has 0 amide bonds. The van der Waals surface area contributed by atoms with Crippen molar-refractivity contribution in [3.63, 3.8) is 0 Å². The van der Waals surface area contributed by atoms with Crippen LogP contribution in [0.4, 0.5) is 0 Å². The molecule has 0 fully saturated rings. The van der Waals surface area contributed by atoms with Gasteiger partial charge >= 0.3 is 5.97 Å². The molecule has 0 spiro atoms. The maximum Gasteiger partial charge on any atom is 0.339 e. The van der Waals surface area contributed by atoms with Crippen molar-refractivity contribution in [1.82, 2.24) is 0 Å². The van der Waals surface area contributed by atoms with E-state index in [9.17, 15) is 9.90 Å². The maximum absolute atomic E-state index is 11.6. The smallest absolute Gasteiger partial charge is 0.339 e. The van der Waals surface area contributed by atoms with Gasteiger partial charge in [-0.25, -0.2) is 14.6 Å². The fourth-order valence-electron chi connectivity index (χ4n) is 2.53. The molecule has 120 valence electrons. The molecule has 0 radical (unpaired) electrons. The van der Waals surface area contributed by atoms with E-state index in [1.54, 1.807) is 0 Å². The molecule has 1 unspecified atom stereocenters. The summed E-state index contributed by atoms with van der Waals surface area (Å²) < 4.78 is 0. The van der Waals surface area contributed by atoms with Gasteiger partial charge in [-0.15, -0.1) is 0 Å². The van der Waals surface area contributed by atoms with Crippen molar-refractivity contribution < 1.29 is 19.7 Å². The zero-order valence-electron chi connectivity index (χ0n) is 14.2. The van der Waals surface area contributed by atoms with Gasteiger partial charge in [-0.05, 0) is 38.5 Å². The molecule has 0 saturated carbocycles. The minimum Gasteiger partial charge on any atom is -0.479 e. The van der Waals surface area contributed by atoms with Crippen LogP contribution < -0.4 is 0 Å². The second kappa shape index (κ2) is 7.41. The van der Waals surface area contributed by atoms with Crippen molar-refractivity contribution in [3.8, 4) is 0 Å². The third-order valence-electron chi connectivity index (χ3n) is 3.28. The molecular formula is C16H32O4. The fraction of sp³-hybridized carbons (Fsp3) is 0.938. The summed E-state index contributed by atoms with van der Waals surface area (Å²) in [5, 5.41) is 9.47. The molecule has 0 rings (SSSR count). The maximum atomic E-state index is 11.6. The largest absolute Gasteiger partial charge is 0.479 e. The number of carboxylic acids is 1.